The lowest BCUT2D eigenvalue weighted by Crippen LogP contribution is -2.31. The molecule has 5 rings (SSSR count). The van der Waals surface area contributed by atoms with Gasteiger partial charge in [0.25, 0.3) is 0 Å². The van der Waals surface area contributed by atoms with Crippen molar-refractivity contribution < 1.29 is 13.5 Å². The molecule has 3 unspecified atom stereocenters. The number of aryl methyl sites for hydroxylation is 1. The fourth-order valence-corrected chi connectivity index (χ4v) is 7.08. The normalized spacial score (nSPS) is 21.6. The average Bonchev–Trinajstić information content (AvgIpc) is 3.43. The predicted octanol–water partition coefficient (Wildman–Crippen LogP) is 6.18. The monoisotopic (exact) mass is 506 g/mol. The molecule has 0 aliphatic heterocycles. The molecule has 6 heteroatoms. The Morgan fingerprint density at radius 2 is 1.81 bits per heavy atom. The first-order valence-electron chi connectivity index (χ1n) is 13.1. The highest BCUT2D eigenvalue weighted by Gasteiger charge is 2.45. The van der Waals surface area contributed by atoms with E-state index in [1.54, 1.807) is 30.3 Å². The number of allylic oxidation sites excluding steroid dienone is 1. The predicted molar refractivity (Wildman–Crippen MR) is 146 cm³/mol. The molecule has 1 heterocycles. The lowest BCUT2D eigenvalue weighted by molar-refractivity contribution is 0.109. The molecule has 1 fully saturated rings. The molecule has 0 spiro atoms. The van der Waals surface area contributed by atoms with E-state index in [0.29, 0.717) is 17.2 Å². The zero-order chi connectivity index (χ0) is 25.9. The van der Waals surface area contributed by atoms with E-state index in [-0.39, 0.29) is 17.6 Å². The van der Waals surface area contributed by atoms with Crippen molar-refractivity contribution in [3.63, 3.8) is 0 Å². The molecule has 0 radical (unpaired) electrons. The number of hydrogen-bond donors (Lipinski definition) is 1. The van der Waals surface area contributed by atoms with Gasteiger partial charge >= 0.3 is 0 Å². The SMILES string of the molecule is CC.Cc1ccc(-n2ncc3c2C=C2CCC(CC(O)CCS(=O)(=O)c4ccccc4)C2(C)C3)cc1. The number of rotatable bonds is 7. The molecule has 0 bridgehead atoms. The van der Waals surface area contributed by atoms with Crippen LogP contribution in [-0.4, -0.2) is 35.2 Å². The first-order valence-corrected chi connectivity index (χ1v) is 14.7. The number of fused-ring (bicyclic) bond motifs is 2. The van der Waals surface area contributed by atoms with Crippen molar-refractivity contribution in [1.82, 2.24) is 9.78 Å². The Morgan fingerprint density at radius 1 is 1.11 bits per heavy atom. The van der Waals surface area contributed by atoms with Crippen molar-refractivity contribution in [2.24, 2.45) is 11.3 Å². The number of aliphatic hydroxyl groups excluding tert-OH is 1. The van der Waals surface area contributed by atoms with Gasteiger partial charge in [-0.1, -0.05) is 62.2 Å². The van der Waals surface area contributed by atoms with Crippen LogP contribution in [-0.2, 0) is 16.3 Å². The Balaban J connectivity index is 0.00000148. The van der Waals surface area contributed by atoms with Crippen molar-refractivity contribution >= 4 is 15.9 Å². The largest absolute Gasteiger partial charge is 0.393 e. The van der Waals surface area contributed by atoms with Gasteiger partial charge in [0.15, 0.2) is 9.84 Å². The lowest BCUT2D eigenvalue weighted by atomic mass is 9.68. The summed E-state index contributed by atoms with van der Waals surface area (Å²) < 4.78 is 27.2. The van der Waals surface area contributed by atoms with Gasteiger partial charge in [-0.2, -0.15) is 5.10 Å². The third-order valence-corrected chi connectivity index (χ3v) is 9.57. The zero-order valence-corrected chi connectivity index (χ0v) is 22.6. The Bertz CT molecular complexity index is 1310. The van der Waals surface area contributed by atoms with Crippen molar-refractivity contribution in [3.8, 4) is 5.69 Å². The Kier molecular flexibility index (Phi) is 7.86. The molecule has 5 nitrogen and oxygen atoms in total. The quantitative estimate of drug-likeness (QED) is 0.415. The molecule has 2 aliphatic rings. The summed E-state index contributed by atoms with van der Waals surface area (Å²) in [5, 5.41) is 15.5. The van der Waals surface area contributed by atoms with Gasteiger partial charge in [-0.3, -0.25) is 0 Å². The number of aliphatic hydroxyl groups is 1. The number of benzene rings is 2. The van der Waals surface area contributed by atoms with Crippen LogP contribution in [0.15, 0.2) is 71.3 Å². The second kappa shape index (κ2) is 10.7. The highest BCUT2D eigenvalue weighted by atomic mass is 32.2. The van der Waals surface area contributed by atoms with E-state index in [9.17, 15) is 13.5 Å². The van der Waals surface area contributed by atoms with Crippen molar-refractivity contribution in [1.29, 1.82) is 0 Å². The number of hydrogen-bond acceptors (Lipinski definition) is 4. The summed E-state index contributed by atoms with van der Waals surface area (Å²) in [4.78, 5) is 0.325. The minimum Gasteiger partial charge on any atom is -0.393 e. The second-order valence-corrected chi connectivity index (χ2v) is 12.2. The molecular weight excluding hydrogens is 468 g/mol. The first kappa shape index (κ1) is 26.4. The molecule has 3 aromatic rings. The van der Waals surface area contributed by atoms with Gasteiger partial charge in [-0.15, -0.1) is 0 Å². The topological polar surface area (TPSA) is 72.2 Å². The van der Waals surface area contributed by atoms with E-state index in [4.69, 9.17) is 0 Å². The van der Waals surface area contributed by atoms with E-state index in [2.05, 4.69) is 49.3 Å². The Hall–Kier alpha value is -2.70. The number of sulfone groups is 1. The Morgan fingerprint density at radius 3 is 2.50 bits per heavy atom. The Labute approximate surface area is 215 Å². The van der Waals surface area contributed by atoms with Gasteiger partial charge in [0.1, 0.15) is 0 Å². The van der Waals surface area contributed by atoms with Gasteiger partial charge in [-0.05, 0) is 86.3 Å². The van der Waals surface area contributed by atoms with E-state index in [1.807, 2.05) is 24.7 Å². The van der Waals surface area contributed by atoms with Crippen LogP contribution in [0.4, 0.5) is 0 Å². The lowest BCUT2D eigenvalue weighted by Gasteiger charge is -2.37. The van der Waals surface area contributed by atoms with Gasteiger partial charge in [-0.25, -0.2) is 13.1 Å². The standard InChI is InChI=1S/C28H32N2O3S.C2H6/c1-20-8-12-24(13-9-20)30-27-17-23-11-10-22(28(23,2)18-21(27)19-29-30)16-25(31)14-15-34(32,33)26-6-4-3-5-7-26;1-2/h3-9,12-13,17,19,22,25,31H,10-11,14-16,18H2,1-2H3;1-2H3. The highest BCUT2D eigenvalue weighted by molar-refractivity contribution is 7.91. The third kappa shape index (κ3) is 5.21. The van der Waals surface area contributed by atoms with Crippen molar-refractivity contribution in [3.05, 3.63) is 83.2 Å². The summed E-state index contributed by atoms with van der Waals surface area (Å²) in [5.41, 5.74) is 6.09. The van der Waals surface area contributed by atoms with Crippen LogP contribution >= 0.6 is 0 Å². The maximum Gasteiger partial charge on any atom is 0.178 e. The molecule has 3 atom stereocenters. The van der Waals surface area contributed by atoms with Gasteiger partial charge in [0.2, 0.25) is 0 Å². The van der Waals surface area contributed by atoms with Gasteiger partial charge in [0, 0.05) is 0 Å². The van der Waals surface area contributed by atoms with Gasteiger partial charge < -0.3 is 5.11 Å². The third-order valence-electron chi connectivity index (χ3n) is 7.81. The molecule has 36 heavy (non-hydrogen) atoms. The molecule has 0 amide bonds. The maximum absolute atomic E-state index is 12.6. The van der Waals surface area contributed by atoms with E-state index < -0.39 is 15.9 Å². The molecule has 192 valence electrons. The molecule has 0 saturated heterocycles. The minimum atomic E-state index is -3.38. The second-order valence-electron chi connectivity index (χ2n) is 10.1. The van der Waals surface area contributed by atoms with Gasteiger partial charge in [0.05, 0.1) is 34.3 Å². The zero-order valence-electron chi connectivity index (χ0n) is 21.8. The number of nitrogens with zero attached hydrogens (tertiary/aromatic N) is 2. The van der Waals surface area contributed by atoms with E-state index >= 15 is 0 Å². The fourth-order valence-electron chi connectivity index (χ4n) is 5.69. The molecule has 2 aliphatic carbocycles. The first-order chi connectivity index (χ1) is 17.3. The average molecular weight is 507 g/mol. The van der Waals surface area contributed by atoms with E-state index in [1.165, 1.54) is 16.7 Å². The minimum absolute atomic E-state index is 0.0204. The van der Waals surface area contributed by atoms with Crippen LogP contribution in [0, 0.1) is 18.3 Å². The highest BCUT2D eigenvalue weighted by Crippen LogP contribution is 2.54. The van der Waals surface area contributed by atoms with Crippen molar-refractivity contribution in [2.75, 3.05) is 5.75 Å². The summed E-state index contributed by atoms with van der Waals surface area (Å²) in [6.45, 7) is 8.38. The molecular formula is C30H38N2O3S. The summed E-state index contributed by atoms with van der Waals surface area (Å²) in [5.74, 6) is 0.293. The maximum atomic E-state index is 12.6. The summed E-state index contributed by atoms with van der Waals surface area (Å²) in [6.07, 6.45) is 7.47. The molecule has 1 aromatic heterocycles. The summed E-state index contributed by atoms with van der Waals surface area (Å²) >= 11 is 0. The van der Waals surface area contributed by atoms with E-state index in [0.717, 1.165) is 30.6 Å². The van der Waals surface area contributed by atoms with Crippen LogP contribution in [0.25, 0.3) is 11.8 Å². The van der Waals surface area contributed by atoms with Crippen LogP contribution in [0.5, 0.6) is 0 Å². The summed E-state index contributed by atoms with van der Waals surface area (Å²) in [7, 11) is -3.38. The van der Waals surface area contributed by atoms with Crippen LogP contribution < -0.4 is 0 Å². The van der Waals surface area contributed by atoms with Crippen LogP contribution in [0.1, 0.15) is 63.3 Å². The smallest absolute Gasteiger partial charge is 0.178 e. The molecule has 1 N–H and O–H groups in total. The summed E-state index contributed by atoms with van der Waals surface area (Å²) in [6, 6.07) is 16.9. The number of aromatic nitrogens is 2. The van der Waals surface area contributed by atoms with Crippen molar-refractivity contribution in [2.45, 2.75) is 70.8 Å². The molecule has 2 aromatic carbocycles. The fraction of sp³-hybridized carbons (Fsp3) is 0.433. The molecule has 1 saturated carbocycles. The van der Waals surface area contributed by atoms with Crippen LogP contribution in [0.2, 0.25) is 0 Å². The van der Waals surface area contributed by atoms with Crippen LogP contribution in [0.3, 0.4) is 0 Å².